The number of carbonyl (C=O) groups is 2. The zero-order valence-corrected chi connectivity index (χ0v) is 19.2. The van der Waals surface area contributed by atoms with Crippen LogP contribution in [0.1, 0.15) is 50.2 Å². The van der Waals surface area contributed by atoms with Gasteiger partial charge in [0.05, 0.1) is 17.2 Å². The minimum Gasteiger partial charge on any atom is -0.371 e. The Labute approximate surface area is 191 Å². The van der Waals surface area contributed by atoms with E-state index in [0.29, 0.717) is 44.6 Å². The van der Waals surface area contributed by atoms with Gasteiger partial charge in [0, 0.05) is 44.8 Å². The maximum absolute atomic E-state index is 13.4. The molecule has 2 aliphatic heterocycles. The van der Waals surface area contributed by atoms with E-state index >= 15 is 0 Å². The lowest BCUT2D eigenvalue weighted by Gasteiger charge is -2.40. The maximum Gasteiger partial charge on any atom is 0.417 e. The largest absolute Gasteiger partial charge is 0.417 e. The molecule has 178 valence electrons. The number of amides is 2. The summed E-state index contributed by atoms with van der Waals surface area (Å²) in [7, 11) is 3.39. The van der Waals surface area contributed by atoms with Gasteiger partial charge >= 0.3 is 6.18 Å². The van der Waals surface area contributed by atoms with Crippen LogP contribution in [0.15, 0.2) is 18.2 Å². The van der Waals surface area contributed by atoms with Crippen molar-refractivity contribution in [3.05, 3.63) is 29.3 Å². The predicted octanol–water partition coefficient (Wildman–Crippen LogP) is 3.65. The Kier molecular flexibility index (Phi) is 5.62. The van der Waals surface area contributed by atoms with Gasteiger partial charge in [0.1, 0.15) is 6.04 Å². The van der Waals surface area contributed by atoms with Gasteiger partial charge < -0.3 is 14.7 Å². The van der Waals surface area contributed by atoms with Gasteiger partial charge in [-0.1, -0.05) is 6.92 Å². The Hall–Kier alpha value is -2.76. The monoisotopic (exact) mass is 462 g/mol. The number of rotatable bonds is 3. The van der Waals surface area contributed by atoms with Crippen molar-refractivity contribution in [2.45, 2.75) is 51.2 Å². The molecule has 1 aromatic rings. The fourth-order valence-electron chi connectivity index (χ4n) is 5.20. The van der Waals surface area contributed by atoms with Gasteiger partial charge in [-0.05, 0) is 55.7 Å². The van der Waals surface area contributed by atoms with E-state index in [1.807, 2.05) is 11.8 Å². The van der Waals surface area contributed by atoms with Gasteiger partial charge in [-0.2, -0.15) is 18.4 Å². The molecule has 3 fully saturated rings. The lowest BCUT2D eigenvalue weighted by molar-refractivity contribution is -0.145. The molecule has 0 radical (unpaired) electrons. The van der Waals surface area contributed by atoms with E-state index in [1.165, 1.54) is 11.0 Å². The molecule has 1 aromatic carbocycles. The molecule has 1 aliphatic carbocycles. The molecule has 2 saturated heterocycles. The summed E-state index contributed by atoms with van der Waals surface area (Å²) in [6.07, 6.45) is -0.958. The molecule has 3 aliphatic rings. The number of hydrogen-bond donors (Lipinski definition) is 0. The van der Waals surface area contributed by atoms with Gasteiger partial charge in [-0.3, -0.25) is 9.59 Å². The van der Waals surface area contributed by atoms with Crippen LogP contribution >= 0.6 is 0 Å². The zero-order valence-electron chi connectivity index (χ0n) is 19.2. The third-order valence-corrected chi connectivity index (χ3v) is 7.63. The summed E-state index contributed by atoms with van der Waals surface area (Å²) in [6, 6.07) is 4.96. The SMILES string of the molecule is CN(C)C(=O)C1CC2(CCN(c3ccc(C#N)c(C(F)(F)F)c3)CC2)CN1C(=O)C1(C)CC1. The van der Waals surface area contributed by atoms with Crippen LogP contribution in [-0.2, 0) is 15.8 Å². The third-order valence-electron chi connectivity index (χ3n) is 7.63. The van der Waals surface area contributed by atoms with E-state index in [2.05, 4.69) is 0 Å². The van der Waals surface area contributed by atoms with E-state index in [1.54, 1.807) is 31.1 Å². The normalized spacial score (nSPS) is 23.4. The van der Waals surface area contributed by atoms with Crippen LogP contribution in [0, 0.1) is 22.2 Å². The van der Waals surface area contributed by atoms with Crippen LogP contribution in [-0.4, -0.2) is 61.4 Å². The number of benzene rings is 1. The number of anilines is 1. The van der Waals surface area contributed by atoms with Crippen molar-refractivity contribution < 1.29 is 22.8 Å². The number of halogens is 3. The maximum atomic E-state index is 13.4. The lowest BCUT2D eigenvalue weighted by Crippen LogP contribution is -2.47. The van der Waals surface area contributed by atoms with Gasteiger partial charge in [-0.25, -0.2) is 0 Å². The molecular formula is C24H29F3N4O2. The average molecular weight is 463 g/mol. The highest BCUT2D eigenvalue weighted by molar-refractivity contribution is 5.92. The molecule has 4 rings (SSSR count). The Bertz CT molecular complexity index is 1000. The summed E-state index contributed by atoms with van der Waals surface area (Å²) in [5.74, 6) is -0.0299. The number of nitrogens with zero attached hydrogens (tertiary/aromatic N) is 4. The van der Waals surface area contributed by atoms with Crippen molar-refractivity contribution in [3.63, 3.8) is 0 Å². The number of likely N-dealkylation sites (tertiary alicyclic amines) is 1. The number of piperidine rings is 1. The number of likely N-dealkylation sites (N-methyl/N-ethyl adjacent to an activating group) is 1. The first-order valence-corrected chi connectivity index (χ1v) is 11.3. The quantitative estimate of drug-likeness (QED) is 0.688. The molecule has 0 N–H and O–H groups in total. The van der Waals surface area contributed by atoms with Crippen molar-refractivity contribution in [3.8, 4) is 6.07 Å². The summed E-state index contributed by atoms with van der Waals surface area (Å²) < 4.78 is 40.2. The summed E-state index contributed by atoms with van der Waals surface area (Å²) in [5.41, 5.74) is -1.45. The Morgan fingerprint density at radius 1 is 1.15 bits per heavy atom. The molecule has 0 bridgehead atoms. The van der Waals surface area contributed by atoms with Gasteiger partial charge in [-0.15, -0.1) is 0 Å². The predicted molar refractivity (Wildman–Crippen MR) is 116 cm³/mol. The standard InChI is InChI=1S/C24H29F3N4O2/c1-22(6-7-22)21(33)31-15-23(13-19(31)20(32)29(2)3)8-10-30(11-9-23)17-5-4-16(14-28)18(12-17)24(25,26)27/h4-5,12,19H,6-11,13,15H2,1-3H3. The summed E-state index contributed by atoms with van der Waals surface area (Å²) >= 11 is 0. The summed E-state index contributed by atoms with van der Waals surface area (Å²) in [4.78, 5) is 31.3. The van der Waals surface area contributed by atoms with Gasteiger partial charge in [0.25, 0.3) is 0 Å². The number of hydrogen-bond acceptors (Lipinski definition) is 4. The van der Waals surface area contributed by atoms with E-state index in [-0.39, 0.29) is 28.2 Å². The average Bonchev–Trinajstić information content (AvgIpc) is 3.43. The topological polar surface area (TPSA) is 67.7 Å². The van der Waals surface area contributed by atoms with E-state index in [0.717, 1.165) is 18.9 Å². The first kappa shape index (κ1) is 23.4. The Morgan fingerprint density at radius 3 is 2.30 bits per heavy atom. The van der Waals surface area contributed by atoms with E-state index in [9.17, 15) is 22.8 Å². The molecule has 33 heavy (non-hydrogen) atoms. The highest BCUT2D eigenvalue weighted by Gasteiger charge is 2.55. The second-order valence-corrected chi connectivity index (χ2v) is 10.3. The van der Waals surface area contributed by atoms with Crippen LogP contribution in [0.3, 0.4) is 0 Å². The zero-order chi connectivity index (χ0) is 24.2. The first-order chi connectivity index (χ1) is 15.4. The highest BCUT2D eigenvalue weighted by atomic mass is 19.4. The Morgan fingerprint density at radius 2 is 1.79 bits per heavy atom. The Balaban J connectivity index is 1.52. The fourth-order valence-corrected chi connectivity index (χ4v) is 5.20. The fraction of sp³-hybridized carbons (Fsp3) is 0.625. The second kappa shape index (κ2) is 7.93. The van der Waals surface area contributed by atoms with E-state index < -0.39 is 17.8 Å². The van der Waals surface area contributed by atoms with Crippen LogP contribution in [0.25, 0.3) is 0 Å². The molecule has 2 amide bonds. The first-order valence-electron chi connectivity index (χ1n) is 11.3. The minimum atomic E-state index is -4.59. The van der Waals surface area contributed by atoms with Crippen molar-refractivity contribution in [1.82, 2.24) is 9.80 Å². The highest BCUT2D eigenvalue weighted by Crippen LogP contribution is 2.51. The lowest BCUT2D eigenvalue weighted by atomic mass is 9.76. The van der Waals surface area contributed by atoms with Crippen LogP contribution in [0.5, 0.6) is 0 Å². The van der Waals surface area contributed by atoms with Gasteiger partial charge in [0.2, 0.25) is 11.8 Å². The molecule has 0 aromatic heterocycles. The van der Waals surface area contributed by atoms with Crippen molar-refractivity contribution in [2.75, 3.05) is 38.6 Å². The molecule has 1 atom stereocenters. The van der Waals surface area contributed by atoms with Crippen molar-refractivity contribution in [1.29, 1.82) is 5.26 Å². The molecule has 6 nitrogen and oxygen atoms in total. The third kappa shape index (κ3) is 4.28. The van der Waals surface area contributed by atoms with Gasteiger partial charge in [0.15, 0.2) is 0 Å². The minimum absolute atomic E-state index is 0.0453. The van der Waals surface area contributed by atoms with Crippen molar-refractivity contribution >= 4 is 17.5 Å². The molecule has 9 heteroatoms. The molecule has 1 spiro atoms. The second-order valence-electron chi connectivity index (χ2n) is 10.3. The van der Waals surface area contributed by atoms with Crippen LogP contribution < -0.4 is 4.90 Å². The van der Waals surface area contributed by atoms with Crippen LogP contribution in [0.4, 0.5) is 18.9 Å². The van der Waals surface area contributed by atoms with E-state index in [4.69, 9.17) is 5.26 Å². The smallest absolute Gasteiger partial charge is 0.371 e. The van der Waals surface area contributed by atoms with Crippen molar-refractivity contribution in [2.24, 2.45) is 10.8 Å². The van der Waals surface area contributed by atoms with Crippen LogP contribution in [0.2, 0.25) is 0 Å². The number of alkyl halides is 3. The summed E-state index contributed by atoms with van der Waals surface area (Å²) in [6.45, 7) is 3.53. The number of carbonyl (C=O) groups excluding carboxylic acids is 2. The molecule has 1 unspecified atom stereocenters. The number of nitriles is 1. The molecule has 2 heterocycles. The summed E-state index contributed by atoms with van der Waals surface area (Å²) in [5, 5.41) is 9.04. The molecule has 1 saturated carbocycles. The molecular weight excluding hydrogens is 433 g/mol.